The SMILES string of the molecule is Brc1ccc2c(c1)NCC21CC1.Cl. The van der Waals surface area contributed by atoms with Crippen molar-refractivity contribution in [1.29, 1.82) is 0 Å². The fourth-order valence-electron chi connectivity index (χ4n) is 2.08. The maximum atomic E-state index is 3.48. The van der Waals surface area contributed by atoms with Gasteiger partial charge in [0, 0.05) is 22.1 Å². The molecule has 3 heteroatoms. The predicted octanol–water partition coefficient (Wildman–Crippen LogP) is 3.33. The first-order valence-electron chi connectivity index (χ1n) is 4.34. The van der Waals surface area contributed by atoms with Crippen LogP contribution in [-0.2, 0) is 5.41 Å². The number of hydrogen-bond donors (Lipinski definition) is 1. The van der Waals surface area contributed by atoms with E-state index in [-0.39, 0.29) is 12.4 Å². The van der Waals surface area contributed by atoms with Gasteiger partial charge in [0.1, 0.15) is 0 Å². The fraction of sp³-hybridized carbons (Fsp3) is 0.400. The van der Waals surface area contributed by atoms with Crippen LogP contribution in [0.3, 0.4) is 0 Å². The Bertz CT molecular complexity index is 347. The lowest BCUT2D eigenvalue weighted by Crippen LogP contribution is -2.07. The summed E-state index contributed by atoms with van der Waals surface area (Å²) in [5.41, 5.74) is 3.41. The van der Waals surface area contributed by atoms with E-state index in [9.17, 15) is 0 Å². The van der Waals surface area contributed by atoms with Gasteiger partial charge in [-0.25, -0.2) is 0 Å². The molecule has 1 aliphatic heterocycles. The van der Waals surface area contributed by atoms with Crippen molar-refractivity contribution in [2.75, 3.05) is 11.9 Å². The summed E-state index contributed by atoms with van der Waals surface area (Å²) in [7, 11) is 0. The summed E-state index contributed by atoms with van der Waals surface area (Å²) in [5, 5.41) is 3.46. The normalized spacial score (nSPS) is 20.4. The van der Waals surface area contributed by atoms with Crippen LogP contribution in [0.25, 0.3) is 0 Å². The first-order valence-corrected chi connectivity index (χ1v) is 5.13. The number of benzene rings is 1. The third kappa shape index (κ3) is 1.27. The molecule has 1 aromatic rings. The molecule has 0 unspecified atom stereocenters. The topological polar surface area (TPSA) is 12.0 Å². The van der Waals surface area contributed by atoms with Gasteiger partial charge in [-0.2, -0.15) is 0 Å². The van der Waals surface area contributed by atoms with Gasteiger partial charge in [0.25, 0.3) is 0 Å². The standard InChI is InChI=1S/C10H10BrN.ClH/c11-7-1-2-8-9(5-7)12-6-10(8)3-4-10;/h1-2,5,12H,3-4,6H2;1H. The van der Waals surface area contributed by atoms with Crippen LogP contribution in [0.1, 0.15) is 18.4 Å². The molecule has 13 heavy (non-hydrogen) atoms. The van der Waals surface area contributed by atoms with Crippen molar-refractivity contribution >= 4 is 34.0 Å². The third-order valence-electron chi connectivity index (χ3n) is 3.02. The van der Waals surface area contributed by atoms with Gasteiger partial charge in [-0.1, -0.05) is 22.0 Å². The molecular formula is C10H11BrClN. The van der Waals surface area contributed by atoms with Gasteiger partial charge in [-0.3, -0.25) is 0 Å². The van der Waals surface area contributed by atoms with E-state index in [4.69, 9.17) is 0 Å². The summed E-state index contributed by atoms with van der Waals surface area (Å²) in [6, 6.07) is 6.58. The lowest BCUT2D eigenvalue weighted by atomic mass is 9.99. The van der Waals surface area contributed by atoms with Gasteiger partial charge in [-0.15, -0.1) is 12.4 Å². The van der Waals surface area contributed by atoms with Crippen molar-refractivity contribution in [1.82, 2.24) is 0 Å². The first kappa shape index (κ1) is 9.35. The van der Waals surface area contributed by atoms with E-state index >= 15 is 0 Å². The second-order valence-corrected chi connectivity index (χ2v) is 4.74. The summed E-state index contributed by atoms with van der Waals surface area (Å²) in [6.45, 7) is 1.15. The summed E-state index contributed by atoms with van der Waals surface area (Å²) in [6.07, 6.45) is 2.74. The molecule has 1 N–H and O–H groups in total. The Labute approximate surface area is 92.5 Å². The summed E-state index contributed by atoms with van der Waals surface area (Å²) < 4.78 is 1.17. The predicted molar refractivity (Wildman–Crippen MR) is 60.8 cm³/mol. The van der Waals surface area contributed by atoms with E-state index in [1.54, 1.807) is 0 Å². The van der Waals surface area contributed by atoms with Crippen LogP contribution in [0.5, 0.6) is 0 Å². The molecule has 1 fully saturated rings. The second kappa shape index (κ2) is 2.89. The molecular weight excluding hydrogens is 249 g/mol. The zero-order valence-corrected chi connectivity index (χ0v) is 9.54. The van der Waals surface area contributed by atoms with Crippen molar-refractivity contribution in [2.45, 2.75) is 18.3 Å². The van der Waals surface area contributed by atoms with Gasteiger partial charge in [-0.05, 0) is 30.5 Å². The van der Waals surface area contributed by atoms with Gasteiger partial charge in [0.05, 0.1) is 0 Å². The molecule has 0 atom stereocenters. The highest BCUT2D eigenvalue weighted by Gasteiger charge is 2.48. The van der Waals surface area contributed by atoms with Crippen LogP contribution in [0.2, 0.25) is 0 Å². The number of fused-ring (bicyclic) bond motifs is 2. The van der Waals surface area contributed by atoms with Crippen molar-refractivity contribution in [2.24, 2.45) is 0 Å². The van der Waals surface area contributed by atoms with Crippen LogP contribution in [0, 0.1) is 0 Å². The summed E-state index contributed by atoms with van der Waals surface area (Å²) in [5.74, 6) is 0. The van der Waals surface area contributed by atoms with Crippen LogP contribution in [-0.4, -0.2) is 6.54 Å². The second-order valence-electron chi connectivity index (χ2n) is 3.82. The quantitative estimate of drug-likeness (QED) is 0.754. The van der Waals surface area contributed by atoms with Crippen molar-refractivity contribution < 1.29 is 0 Å². The fourth-order valence-corrected chi connectivity index (χ4v) is 2.44. The summed E-state index contributed by atoms with van der Waals surface area (Å²) >= 11 is 3.48. The molecule has 0 aromatic heterocycles. The Balaban J connectivity index is 0.000000653. The van der Waals surface area contributed by atoms with E-state index in [0.717, 1.165) is 6.54 Å². The molecule has 70 valence electrons. The molecule has 1 heterocycles. The average Bonchev–Trinajstić information content (AvgIpc) is 2.73. The van der Waals surface area contributed by atoms with Crippen LogP contribution >= 0.6 is 28.3 Å². The Morgan fingerprint density at radius 3 is 2.77 bits per heavy atom. The molecule has 3 rings (SSSR count). The highest BCUT2D eigenvalue weighted by molar-refractivity contribution is 9.10. The van der Waals surface area contributed by atoms with Crippen molar-refractivity contribution in [3.05, 3.63) is 28.2 Å². The highest BCUT2D eigenvalue weighted by Crippen LogP contribution is 2.54. The lowest BCUT2D eigenvalue weighted by Gasteiger charge is -2.04. The lowest BCUT2D eigenvalue weighted by molar-refractivity contribution is 0.778. The molecule has 1 aliphatic carbocycles. The van der Waals surface area contributed by atoms with Gasteiger partial charge < -0.3 is 5.32 Å². The largest absolute Gasteiger partial charge is 0.384 e. The van der Waals surface area contributed by atoms with Crippen LogP contribution in [0.4, 0.5) is 5.69 Å². The molecule has 0 radical (unpaired) electrons. The number of hydrogen-bond acceptors (Lipinski definition) is 1. The van der Waals surface area contributed by atoms with E-state index in [1.807, 2.05) is 0 Å². The zero-order valence-electron chi connectivity index (χ0n) is 7.14. The minimum absolute atomic E-state index is 0. The monoisotopic (exact) mass is 259 g/mol. The molecule has 1 spiro atoms. The zero-order chi connectivity index (χ0) is 8.18. The third-order valence-corrected chi connectivity index (χ3v) is 3.52. The molecule has 0 bridgehead atoms. The Hall–Kier alpha value is -0.210. The van der Waals surface area contributed by atoms with Crippen molar-refractivity contribution in [3.63, 3.8) is 0 Å². The number of nitrogens with one attached hydrogen (secondary N) is 1. The van der Waals surface area contributed by atoms with E-state index in [2.05, 4.69) is 39.4 Å². The highest BCUT2D eigenvalue weighted by atomic mass is 79.9. The molecule has 0 saturated heterocycles. The summed E-state index contributed by atoms with van der Waals surface area (Å²) in [4.78, 5) is 0. The van der Waals surface area contributed by atoms with Gasteiger partial charge in [0.2, 0.25) is 0 Å². The maximum Gasteiger partial charge on any atom is 0.0390 e. The number of anilines is 1. The first-order chi connectivity index (χ1) is 5.80. The van der Waals surface area contributed by atoms with E-state index in [0.29, 0.717) is 5.41 Å². The smallest absolute Gasteiger partial charge is 0.0390 e. The maximum absolute atomic E-state index is 3.48. The van der Waals surface area contributed by atoms with Gasteiger partial charge >= 0.3 is 0 Å². The van der Waals surface area contributed by atoms with E-state index < -0.39 is 0 Å². The molecule has 1 saturated carbocycles. The minimum atomic E-state index is 0. The minimum Gasteiger partial charge on any atom is -0.384 e. The molecule has 1 aromatic carbocycles. The molecule has 1 nitrogen and oxygen atoms in total. The Kier molecular flexibility index (Phi) is 2.08. The van der Waals surface area contributed by atoms with Crippen LogP contribution < -0.4 is 5.32 Å². The van der Waals surface area contributed by atoms with Gasteiger partial charge in [0.15, 0.2) is 0 Å². The van der Waals surface area contributed by atoms with Crippen LogP contribution in [0.15, 0.2) is 22.7 Å². The average molecular weight is 261 g/mol. The molecule has 2 aliphatic rings. The Morgan fingerprint density at radius 2 is 2.08 bits per heavy atom. The molecule has 0 amide bonds. The number of halogens is 2. The van der Waals surface area contributed by atoms with Crippen molar-refractivity contribution in [3.8, 4) is 0 Å². The van der Waals surface area contributed by atoms with E-state index in [1.165, 1.54) is 28.6 Å². The Morgan fingerprint density at radius 1 is 1.31 bits per heavy atom. The number of rotatable bonds is 0.